The van der Waals surface area contributed by atoms with Gasteiger partial charge in [0.1, 0.15) is 49.0 Å². The lowest BCUT2D eigenvalue weighted by molar-refractivity contribution is 0.0160. The summed E-state index contributed by atoms with van der Waals surface area (Å²) in [5.74, 6) is 5.53. The van der Waals surface area contributed by atoms with Crippen molar-refractivity contribution in [3.05, 3.63) is 48.5 Å². The monoisotopic (exact) mass is 1900 g/mol. The van der Waals surface area contributed by atoms with Crippen LogP contribution in [0.25, 0.3) is 89.7 Å². The van der Waals surface area contributed by atoms with Crippen LogP contribution in [0.4, 0.5) is 0 Å². The van der Waals surface area contributed by atoms with Crippen LogP contribution in [0.2, 0.25) is 0 Å². The maximum atomic E-state index is 7.01. The number of unbranched alkanes of at least 4 members (excludes halogenated alkanes) is 36. The van der Waals surface area contributed by atoms with Crippen LogP contribution >= 0.6 is 0 Å². The van der Waals surface area contributed by atoms with Crippen LogP contribution in [0.5, 0.6) is 46.0 Å². The summed E-state index contributed by atoms with van der Waals surface area (Å²) in [6.07, 6.45) is 48.1. The number of nitrogens with one attached hydrogen (secondary N) is 2. The Morgan fingerprint density at radius 2 is 0.324 bits per heavy atom. The summed E-state index contributed by atoms with van der Waals surface area (Å²) in [5.41, 5.74) is 4.34. The second kappa shape index (κ2) is 71.6. The molecule has 2 aliphatic heterocycles. The molecule has 0 atom stereocenters. The van der Waals surface area contributed by atoms with E-state index in [1.54, 1.807) is 28.4 Å². The highest BCUT2D eigenvalue weighted by atomic mass is 16.6. The highest BCUT2D eigenvalue weighted by molar-refractivity contribution is 6.08. The highest BCUT2D eigenvalue weighted by Gasteiger charge is 2.29. The molecule has 0 saturated carbocycles. The summed E-state index contributed by atoms with van der Waals surface area (Å²) in [5, 5.41) is 2.71. The average Bonchev–Trinajstić information content (AvgIpc) is 1.59. The zero-order valence-electron chi connectivity index (χ0n) is 84.6. The van der Waals surface area contributed by atoms with Gasteiger partial charge < -0.3 is 105 Å². The normalized spacial score (nSPS) is 11.8. The highest BCUT2D eigenvalue weighted by Crippen LogP contribution is 2.47. The van der Waals surface area contributed by atoms with Gasteiger partial charge in [-0.1, -0.05) is 259 Å². The number of hydrogen-bond donors (Lipinski definition) is 2. The first kappa shape index (κ1) is 112. The standard InChI is InChI=1S/C108H170N8O20/c1-9-13-17-21-25-29-33-37-41-45-49-129-93-77-85-87(79-95(93)131-51-47-43-39-35-31-27-23-19-15-11-3)103-110-101(85)109-102-86-78-94(130-50-46-42-38-34-30-26-22-18-14-10-2)96(132-52-48-44-40-36-32-28-24-20-16-12-4)80-88(86)104(111-102)113-106-90-82-98(134-74-70-126-66-62-122-58-54-118-6)100(136-76-72-128-68-64-124-60-56-120-8)84-92(90)108(115-106)116-107-91-83-99(135-75-71-127-67-63-123-59-55-119-7)97(81-89(91)105(112-103)114-107)133-73-69-125-65-61-121-57-53-117-5/h77-84H,9-76H2,1-8H3,(H2,109,110,111,112,113,114,115,116). The predicted octanol–water partition coefficient (Wildman–Crippen LogP) is 24.3. The summed E-state index contributed by atoms with van der Waals surface area (Å²) < 4.78 is 123. The molecule has 28 nitrogen and oxygen atoms in total. The Kier molecular flexibility index (Phi) is 58.8. The number of hydrogen-bond acceptors (Lipinski definition) is 26. The Bertz CT molecular complexity index is 4140. The number of fused-ring (bicyclic) bond motifs is 20. The number of rotatable bonds is 88. The van der Waals surface area contributed by atoms with E-state index in [2.05, 4.69) is 61.9 Å². The van der Waals surface area contributed by atoms with Crippen molar-refractivity contribution in [3.8, 4) is 91.5 Å². The Labute approximate surface area is 812 Å². The first-order valence-corrected chi connectivity index (χ1v) is 52.5. The van der Waals surface area contributed by atoms with Crippen molar-refractivity contribution in [1.29, 1.82) is 0 Å². The van der Waals surface area contributed by atoms with Crippen LogP contribution < -0.4 is 37.9 Å². The molecule has 0 radical (unpaired) electrons. The van der Waals surface area contributed by atoms with E-state index in [4.69, 9.17) is 125 Å². The molecule has 762 valence electrons. The van der Waals surface area contributed by atoms with Gasteiger partial charge in [-0.15, -0.1) is 0 Å². The van der Waals surface area contributed by atoms with Gasteiger partial charge in [-0.2, -0.15) is 0 Å². The van der Waals surface area contributed by atoms with Crippen molar-refractivity contribution >= 4 is 44.1 Å². The molecule has 2 N–H and O–H groups in total. The lowest BCUT2D eigenvalue weighted by atomic mass is 10.1. The van der Waals surface area contributed by atoms with Crippen molar-refractivity contribution in [3.63, 3.8) is 0 Å². The number of H-pyrrole nitrogens is 2. The molecule has 7 aromatic rings. The van der Waals surface area contributed by atoms with E-state index in [0.29, 0.717) is 257 Å². The molecule has 8 bridgehead atoms. The van der Waals surface area contributed by atoms with Crippen LogP contribution in [-0.2, 0) is 56.8 Å². The molecule has 0 aliphatic carbocycles. The number of aromatic nitrogens is 8. The molecule has 28 heteroatoms. The van der Waals surface area contributed by atoms with Crippen LogP contribution in [0, 0.1) is 0 Å². The van der Waals surface area contributed by atoms with Gasteiger partial charge in [0, 0.05) is 72.2 Å². The van der Waals surface area contributed by atoms with Gasteiger partial charge in [0.05, 0.1) is 159 Å². The summed E-state index contributed by atoms with van der Waals surface area (Å²) >= 11 is 0. The summed E-state index contributed by atoms with van der Waals surface area (Å²) in [4.78, 5) is 41.2. The van der Waals surface area contributed by atoms with Crippen LogP contribution in [0.15, 0.2) is 48.5 Å². The molecular weight excluding hydrogens is 1730 g/mol. The van der Waals surface area contributed by atoms with Gasteiger partial charge in [-0.3, -0.25) is 0 Å². The van der Waals surface area contributed by atoms with E-state index >= 15 is 0 Å². The Morgan fingerprint density at radius 1 is 0.169 bits per heavy atom. The number of methoxy groups -OCH3 is 4. The minimum Gasteiger partial charge on any atom is -0.490 e. The lowest BCUT2D eigenvalue weighted by Crippen LogP contribution is -2.14. The quantitative estimate of drug-likeness (QED) is 0.0335. The molecule has 0 amide bonds. The van der Waals surface area contributed by atoms with Gasteiger partial charge >= 0.3 is 0 Å². The van der Waals surface area contributed by atoms with E-state index in [0.717, 1.165) is 87.8 Å². The Hall–Kier alpha value is -7.84. The molecule has 136 heavy (non-hydrogen) atoms. The zero-order chi connectivity index (χ0) is 95.4. The van der Waals surface area contributed by atoms with Gasteiger partial charge in [-0.05, 0) is 74.2 Å². The third-order valence-corrected chi connectivity index (χ3v) is 24.3. The lowest BCUT2D eigenvalue weighted by Gasteiger charge is -2.15. The topological polar surface area (TPSA) is 294 Å². The third kappa shape index (κ3) is 42.3. The van der Waals surface area contributed by atoms with E-state index in [1.807, 2.05) is 24.3 Å². The van der Waals surface area contributed by atoms with Gasteiger partial charge in [-0.25, -0.2) is 29.9 Å². The number of aromatic amines is 2. The molecule has 5 heterocycles. The van der Waals surface area contributed by atoms with Gasteiger partial charge in [0.25, 0.3) is 0 Å². The molecule has 4 aromatic carbocycles. The molecule has 3 aromatic heterocycles. The first-order valence-electron chi connectivity index (χ1n) is 52.5. The van der Waals surface area contributed by atoms with E-state index in [-0.39, 0.29) is 52.9 Å². The fourth-order valence-corrected chi connectivity index (χ4v) is 16.5. The Balaban J connectivity index is 1.26. The second-order valence-electron chi connectivity index (χ2n) is 35.4. The van der Waals surface area contributed by atoms with Crippen LogP contribution in [0.1, 0.15) is 285 Å². The largest absolute Gasteiger partial charge is 0.490 e. The second-order valence-corrected chi connectivity index (χ2v) is 35.4. The average molecular weight is 1900 g/mol. The van der Waals surface area contributed by atoms with Crippen molar-refractivity contribution in [2.24, 2.45) is 0 Å². The van der Waals surface area contributed by atoms with Gasteiger partial charge in [0.2, 0.25) is 0 Å². The number of ether oxygens (including phenoxy) is 20. The molecule has 9 rings (SSSR count). The summed E-state index contributed by atoms with van der Waals surface area (Å²) in [6.45, 7) is 19.6. The van der Waals surface area contributed by atoms with Crippen molar-refractivity contribution < 1.29 is 94.7 Å². The molecule has 0 saturated heterocycles. The van der Waals surface area contributed by atoms with Crippen LogP contribution in [-0.4, -0.2) is 253 Å². The molecule has 0 unspecified atom stereocenters. The molecular formula is C108H170N8O20. The fraction of sp³-hybridized carbons (Fsp3) is 0.704. The minimum absolute atomic E-state index is 0.164. The predicted molar refractivity (Wildman–Crippen MR) is 541 cm³/mol. The van der Waals surface area contributed by atoms with Crippen molar-refractivity contribution in [2.45, 2.75) is 285 Å². The molecule has 0 fully saturated rings. The Morgan fingerprint density at radius 3 is 0.507 bits per heavy atom. The van der Waals surface area contributed by atoms with Crippen LogP contribution in [0.3, 0.4) is 0 Å². The fourth-order valence-electron chi connectivity index (χ4n) is 16.5. The molecule has 2 aliphatic rings. The van der Waals surface area contributed by atoms with E-state index in [9.17, 15) is 0 Å². The maximum absolute atomic E-state index is 7.01. The SMILES string of the molecule is CCCCCCCCCCCCOc1cc2c(cc1OCCCCCCCCCCCC)-c1nc-2nc2[nH]c(nc3nc(nc4[nH]c(n1)c1cc(OCCOCCOCCOC)c(OCCOCCOCCOC)cc41)-c1cc(OCCOCCOCCOC)c(OCCOCCOCCOC)cc1-3)c1cc(OCCCCCCCCCCCC)c(OCCCCCCCCCCCC)cc21. The maximum Gasteiger partial charge on any atom is 0.164 e. The third-order valence-electron chi connectivity index (χ3n) is 24.3. The summed E-state index contributed by atoms with van der Waals surface area (Å²) in [7, 11) is 6.60. The van der Waals surface area contributed by atoms with Gasteiger partial charge in [0.15, 0.2) is 69.3 Å². The van der Waals surface area contributed by atoms with Crippen molar-refractivity contribution in [2.75, 3.05) is 213 Å². The summed E-state index contributed by atoms with van der Waals surface area (Å²) in [6, 6.07) is 15.9. The minimum atomic E-state index is 0.164. The van der Waals surface area contributed by atoms with E-state index < -0.39 is 0 Å². The van der Waals surface area contributed by atoms with E-state index in [1.165, 1.54) is 180 Å². The number of nitrogens with zero attached hydrogens (tertiary/aromatic N) is 6. The smallest absolute Gasteiger partial charge is 0.164 e. The molecule has 0 spiro atoms. The van der Waals surface area contributed by atoms with Crippen molar-refractivity contribution in [1.82, 2.24) is 39.9 Å². The zero-order valence-corrected chi connectivity index (χ0v) is 84.6. The first-order chi connectivity index (χ1) is 67.3. The number of benzene rings is 4.